The normalized spacial score (nSPS) is 14.6. The lowest BCUT2D eigenvalue weighted by Crippen LogP contribution is -2.40. The van der Waals surface area contributed by atoms with Crippen LogP contribution in [0.25, 0.3) is 0 Å². The van der Waals surface area contributed by atoms with Crippen LogP contribution in [0.3, 0.4) is 0 Å². The topological polar surface area (TPSA) is 111 Å². The summed E-state index contributed by atoms with van der Waals surface area (Å²) in [5.41, 5.74) is 0.579. The van der Waals surface area contributed by atoms with Gasteiger partial charge in [-0.1, -0.05) is 19.9 Å². The standard InChI is InChI=1S/C23H28N2O7S/c1-17(2)15-31-20-8-6-18(7-9-20)23(27)32-16-22(26)24-19-4-3-5-21(14-19)33(28,29)25-10-12-30-13-11-25/h3-9,14,17H,10-13,15-16H2,1-2H3,(H,24,26). The van der Waals surface area contributed by atoms with Gasteiger partial charge in [-0.2, -0.15) is 4.31 Å². The van der Waals surface area contributed by atoms with Crippen LogP contribution in [-0.4, -0.2) is 64.1 Å². The third-order valence-electron chi connectivity index (χ3n) is 4.73. The summed E-state index contributed by atoms with van der Waals surface area (Å²) in [5.74, 6) is -0.205. The molecule has 0 atom stereocenters. The SMILES string of the molecule is CC(C)COc1ccc(C(=O)OCC(=O)Nc2cccc(S(=O)(=O)N3CCOCC3)c2)cc1. The number of hydrogen-bond acceptors (Lipinski definition) is 7. The summed E-state index contributed by atoms with van der Waals surface area (Å²) in [6.45, 7) is 5.37. The molecule has 2 aromatic rings. The second kappa shape index (κ2) is 11.3. The number of anilines is 1. The molecule has 1 amide bonds. The van der Waals surface area contributed by atoms with Gasteiger partial charge in [0.05, 0.1) is 30.3 Å². The van der Waals surface area contributed by atoms with E-state index in [4.69, 9.17) is 14.2 Å². The Kier molecular flexibility index (Phi) is 8.43. The number of rotatable bonds is 9. The third kappa shape index (κ3) is 7.01. The molecule has 0 bridgehead atoms. The van der Waals surface area contributed by atoms with Crippen molar-refractivity contribution >= 4 is 27.6 Å². The van der Waals surface area contributed by atoms with Gasteiger partial charge in [-0.3, -0.25) is 4.79 Å². The molecular formula is C23H28N2O7S. The predicted octanol–water partition coefficient (Wildman–Crippen LogP) is 2.54. The van der Waals surface area contributed by atoms with E-state index in [1.54, 1.807) is 30.3 Å². The quantitative estimate of drug-likeness (QED) is 0.554. The summed E-state index contributed by atoms with van der Waals surface area (Å²) in [5, 5.41) is 2.56. The molecule has 33 heavy (non-hydrogen) atoms. The highest BCUT2D eigenvalue weighted by Crippen LogP contribution is 2.20. The van der Waals surface area contributed by atoms with Crippen LogP contribution in [0.5, 0.6) is 5.75 Å². The van der Waals surface area contributed by atoms with Crippen molar-refractivity contribution in [1.29, 1.82) is 0 Å². The van der Waals surface area contributed by atoms with Crippen LogP contribution < -0.4 is 10.1 Å². The summed E-state index contributed by atoms with van der Waals surface area (Å²) in [6.07, 6.45) is 0. The van der Waals surface area contributed by atoms with Gasteiger partial charge in [0.1, 0.15) is 5.75 Å². The Hall–Kier alpha value is -2.95. The monoisotopic (exact) mass is 476 g/mol. The van der Waals surface area contributed by atoms with Gasteiger partial charge in [-0.15, -0.1) is 0 Å². The van der Waals surface area contributed by atoms with Crippen molar-refractivity contribution in [2.24, 2.45) is 5.92 Å². The summed E-state index contributed by atoms with van der Waals surface area (Å²) in [6, 6.07) is 12.4. The van der Waals surface area contributed by atoms with Crippen molar-refractivity contribution in [2.45, 2.75) is 18.7 Å². The van der Waals surface area contributed by atoms with E-state index in [9.17, 15) is 18.0 Å². The first-order valence-electron chi connectivity index (χ1n) is 10.6. The summed E-state index contributed by atoms with van der Waals surface area (Å²) >= 11 is 0. The first kappa shape index (κ1) is 24.7. The minimum absolute atomic E-state index is 0.0685. The van der Waals surface area contributed by atoms with E-state index >= 15 is 0 Å². The number of nitrogens with zero attached hydrogens (tertiary/aromatic N) is 1. The molecule has 0 saturated carbocycles. The van der Waals surface area contributed by atoms with Gasteiger partial charge in [-0.05, 0) is 48.4 Å². The largest absolute Gasteiger partial charge is 0.493 e. The molecule has 0 radical (unpaired) electrons. The highest BCUT2D eigenvalue weighted by Gasteiger charge is 2.26. The van der Waals surface area contributed by atoms with Gasteiger partial charge in [-0.25, -0.2) is 13.2 Å². The molecule has 1 N–H and O–H groups in total. The molecule has 10 heteroatoms. The Bertz CT molecular complexity index is 1060. The second-order valence-electron chi connectivity index (χ2n) is 7.90. The van der Waals surface area contributed by atoms with E-state index in [2.05, 4.69) is 5.32 Å². The minimum atomic E-state index is -3.69. The Labute approximate surface area is 193 Å². The fraction of sp³-hybridized carbons (Fsp3) is 0.391. The van der Waals surface area contributed by atoms with Gasteiger partial charge >= 0.3 is 5.97 Å². The van der Waals surface area contributed by atoms with Crippen LogP contribution in [0.2, 0.25) is 0 Å². The number of benzene rings is 2. The summed E-state index contributed by atoms with van der Waals surface area (Å²) < 4.78 is 42.7. The van der Waals surface area contributed by atoms with Crippen molar-refractivity contribution in [3.05, 3.63) is 54.1 Å². The smallest absolute Gasteiger partial charge is 0.338 e. The zero-order chi connectivity index (χ0) is 23.8. The van der Waals surface area contributed by atoms with E-state index in [1.807, 2.05) is 13.8 Å². The van der Waals surface area contributed by atoms with E-state index in [1.165, 1.54) is 22.5 Å². The van der Waals surface area contributed by atoms with Crippen molar-refractivity contribution in [3.63, 3.8) is 0 Å². The molecule has 0 aromatic heterocycles. The first-order valence-corrected chi connectivity index (χ1v) is 12.1. The maximum atomic E-state index is 12.8. The van der Waals surface area contributed by atoms with Crippen LogP contribution in [0.15, 0.2) is 53.4 Å². The molecule has 1 fully saturated rings. The number of ether oxygens (including phenoxy) is 3. The van der Waals surface area contributed by atoms with Crippen molar-refractivity contribution in [1.82, 2.24) is 4.31 Å². The molecular weight excluding hydrogens is 448 g/mol. The number of sulfonamides is 1. The van der Waals surface area contributed by atoms with E-state index < -0.39 is 28.5 Å². The number of morpholine rings is 1. The third-order valence-corrected chi connectivity index (χ3v) is 6.63. The first-order chi connectivity index (χ1) is 15.8. The van der Waals surface area contributed by atoms with Gasteiger partial charge < -0.3 is 19.5 Å². The van der Waals surface area contributed by atoms with E-state index in [0.717, 1.165) is 0 Å². The van der Waals surface area contributed by atoms with Crippen LogP contribution in [-0.2, 0) is 24.3 Å². The molecule has 1 aliphatic rings. The summed E-state index contributed by atoms with van der Waals surface area (Å²) in [7, 11) is -3.69. The molecule has 1 heterocycles. The maximum Gasteiger partial charge on any atom is 0.338 e. The lowest BCUT2D eigenvalue weighted by Gasteiger charge is -2.26. The fourth-order valence-corrected chi connectivity index (χ4v) is 4.49. The Morgan fingerprint density at radius 2 is 1.79 bits per heavy atom. The van der Waals surface area contributed by atoms with Gasteiger partial charge in [0.15, 0.2) is 6.61 Å². The number of carbonyl (C=O) groups excluding carboxylic acids is 2. The van der Waals surface area contributed by atoms with Crippen molar-refractivity contribution in [3.8, 4) is 5.75 Å². The maximum absolute atomic E-state index is 12.8. The van der Waals surface area contributed by atoms with Crippen LogP contribution >= 0.6 is 0 Å². The highest BCUT2D eigenvalue weighted by atomic mass is 32.2. The van der Waals surface area contributed by atoms with Crippen LogP contribution in [0.1, 0.15) is 24.2 Å². The Balaban J connectivity index is 1.53. The number of amides is 1. The second-order valence-corrected chi connectivity index (χ2v) is 9.84. The zero-order valence-corrected chi connectivity index (χ0v) is 19.5. The molecule has 0 spiro atoms. The van der Waals surface area contributed by atoms with Crippen LogP contribution in [0, 0.1) is 5.92 Å². The van der Waals surface area contributed by atoms with Gasteiger partial charge in [0.25, 0.3) is 5.91 Å². The Morgan fingerprint density at radius 1 is 1.09 bits per heavy atom. The predicted molar refractivity (Wildman–Crippen MR) is 122 cm³/mol. The molecule has 0 aliphatic carbocycles. The summed E-state index contributed by atoms with van der Waals surface area (Å²) in [4.78, 5) is 24.5. The molecule has 0 unspecified atom stereocenters. The van der Waals surface area contributed by atoms with Gasteiger partial charge in [0.2, 0.25) is 10.0 Å². The molecule has 9 nitrogen and oxygen atoms in total. The highest BCUT2D eigenvalue weighted by molar-refractivity contribution is 7.89. The average Bonchev–Trinajstić information content (AvgIpc) is 2.82. The lowest BCUT2D eigenvalue weighted by atomic mass is 10.2. The van der Waals surface area contributed by atoms with E-state index in [0.29, 0.717) is 37.1 Å². The zero-order valence-electron chi connectivity index (χ0n) is 18.7. The Morgan fingerprint density at radius 3 is 2.45 bits per heavy atom. The molecule has 1 aliphatic heterocycles. The molecule has 1 saturated heterocycles. The molecule has 2 aromatic carbocycles. The van der Waals surface area contributed by atoms with Crippen LogP contribution in [0.4, 0.5) is 5.69 Å². The van der Waals surface area contributed by atoms with Crippen molar-refractivity contribution < 1.29 is 32.2 Å². The number of nitrogens with one attached hydrogen (secondary N) is 1. The minimum Gasteiger partial charge on any atom is -0.493 e. The fourth-order valence-electron chi connectivity index (χ4n) is 3.03. The van der Waals surface area contributed by atoms with Gasteiger partial charge in [0, 0.05) is 18.8 Å². The number of hydrogen-bond donors (Lipinski definition) is 1. The average molecular weight is 477 g/mol. The number of esters is 1. The molecule has 3 rings (SSSR count). The van der Waals surface area contributed by atoms with E-state index in [-0.39, 0.29) is 23.7 Å². The molecule has 178 valence electrons. The van der Waals surface area contributed by atoms with Crippen molar-refractivity contribution in [2.75, 3.05) is 44.8 Å². The number of carbonyl (C=O) groups is 2. The lowest BCUT2D eigenvalue weighted by molar-refractivity contribution is -0.119.